The van der Waals surface area contributed by atoms with Crippen LogP contribution in [0, 0.1) is 0 Å². The summed E-state index contributed by atoms with van der Waals surface area (Å²) in [6.45, 7) is 0. The van der Waals surface area contributed by atoms with E-state index in [1.807, 2.05) is 23.9 Å². The van der Waals surface area contributed by atoms with E-state index in [1.165, 1.54) is 38.8 Å². The fourth-order valence-corrected chi connectivity index (χ4v) is 4.84. The SMILES string of the molecule is COc1cccc2[nH]cc(Sc3ccccc3CCC[As]C)c12. The zero-order valence-electron chi connectivity index (χ0n) is 13.5. The van der Waals surface area contributed by atoms with Gasteiger partial charge in [0, 0.05) is 0 Å². The molecule has 2 aromatic carbocycles. The topological polar surface area (TPSA) is 25.0 Å². The minimum absolute atomic E-state index is 0.526. The first-order chi connectivity index (χ1) is 11.3. The molecule has 23 heavy (non-hydrogen) atoms. The van der Waals surface area contributed by atoms with Gasteiger partial charge in [-0.2, -0.15) is 0 Å². The molecule has 0 amide bonds. The van der Waals surface area contributed by atoms with E-state index in [0.717, 1.165) is 11.3 Å². The van der Waals surface area contributed by atoms with Gasteiger partial charge in [0.25, 0.3) is 0 Å². The molecule has 0 bridgehead atoms. The zero-order chi connectivity index (χ0) is 16.1. The van der Waals surface area contributed by atoms with Gasteiger partial charge in [0.05, 0.1) is 0 Å². The van der Waals surface area contributed by atoms with Crippen molar-refractivity contribution in [3.05, 3.63) is 54.2 Å². The summed E-state index contributed by atoms with van der Waals surface area (Å²) in [5.41, 5.74) is 4.92. The van der Waals surface area contributed by atoms with Crippen LogP contribution in [-0.4, -0.2) is 27.8 Å². The van der Waals surface area contributed by atoms with Crippen LogP contribution < -0.4 is 4.74 Å². The molecule has 0 atom stereocenters. The summed E-state index contributed by atoms with van der Waals surface area (Å²) < 4.78 is 5.54. The molecule has 0 saturated carbocycles. The van der Waals surface area contributed by atoms with E-state index in [1.54, 1.807) is 7.11 Å². The summed E-state index contributed by atoms with van der Waals surface area (Å²) in [5.74, 6) is 0.929. The van der Waals surface area contributed by atoms with Gasteiger partial charge in [0.15, 0.2) is 0 Å². The number of methoxy groups -OCH3 is 1. The molecule has 0 saturated heterocycles. The van der Waals surface area contributed by atoms with Crippen molar-refractivity contribution in [2.75, 3.05) is 7.11 Å². The Balaban J connectivity index is 1.91. The Morgan fingerprint density at radius 3 is 2.78 bits per heavy atom. The third-order valence-electron chi connectivity index (χ3n) is 3.87. The van der Waals surface area contributed by atoms with Gasteiger partial charge in [0.1, 0.15) is 0 Å². The van der Waals surface area contributed by atoms with Gasteiger partial charge in [-0.3, -0.25) is 0 Å². The number of aryl methyl sites for hydroxylation is 1. The molecule has 1 aromatic heterocycles. The second kappa shape index (κ2) is 7.99. The molecule has 119 valence electrons. The monoisotopic (exact) mass is 386 g/mol. The van der Waals surface area contributed by atoms with Crippen LogP contribution in [-0.2, 0) is 6.42 Å². The fraction of sp³-hybridized carbons (Fsp3) is 0.263. The summed E-state index contributed by atoms with van der Waals surface area (Å²) in [5, 5.41) is 2.56. The Kier molecular flexibility index (Phi) is 5.74. The van der Waals surface area contributed by atoms with Crippen molar-refractivity contribution in [2.24, 2.45) is 0 Å². The standard InChI is InChI=1S/C19H21AsNOS/c1-20-12-6-8-14-7-3-4-11-17(14)23-18-13-21-15-9-5-10-16(22-2)19(15)18/h3-5,7,9-11,13,21H,6,8,12H2,1-2H3. The van der Waals surface area contributed by atoms with E-state index in [4.69, 9.17) is 4.74 Å². The van der Waals surface area contributed by atoms with Crippen LogP contribution in [0.1, 0.15) is 12.0 Å². The van der Waals surface area contributed by atoms with E-state index in [2.05, 4.69) is 47.2 Å². The Labute approximate surface area is 148 Å². The van der Waals surface area contributed by atoms with Gasteiger partial charge in [-0.05, 0) is 0 Å². The number of ether oxygens (including phenoxy) is 1. The van der Waals surface area contributed by atoms with Crippen molar-refractivity contribution in [1.29, 1.82) is 0 Å². The third kappa shape index (κ3) is 3.79. The van der Waals surface area contributed by atoms with Crippen molar-refractivity contribution in [3.8, 4) is 5.75 Å². The Morgan fingerprint density at radius 2 is 1.96 bits per heavy atom. The van der Waals surface area contributed by atoms with Crippen molar-refractivity contribution < 1.29 is 4.74 Å². The van der Waals surface area contributed by atoms with Crippen molar-refractivity contribution in [3.63, 3.8) is 0 Å². The number of aromatic amines is 1. The molecular formula is C19H21AsNOS. The average Bonchev–Trinajstić information content (AvgIpc) is 3.00. The van der Waals surface area contributed by atoms with Crippen LogP contribution in [0.2, 0.25) is 10.9 Å². The number of benzene rings is 2. The molecule has 4 heteroatoms. The van der Waals surface area contributed by atoms with Gasteiger partial charge in [-0.15, -0.1) is 0 Å². The number of hydrogen-bond donors (Lipinski definition) is 1. The quantitative estimate of drug-likeness (QED) is 0.433. The van der Waals surface area contributed by atoms with Gasteiger partial charge < -0.3 is 0 Å². The van der Waals surface area contributed by atoms with Crippen LogP contribution in [0.5, 0.6) is 5.75 Å². The molecule has 2 nitrogen and oxygen atoms in total. The summed E-state index contributed by atoms with van der Waals surface area (Å²) in [7, 11) is 1.73. The molecule has 0 aliphatic carbocycles. The van der Waals surface area contributed by atoms with Crippen LogP contribution in [0.25, 0.3) is 10.9 Å². The minimum atomic E-state index is 0.526. The first-order valence-electron chi connectivity index (χ1n) is 7.79. The Hall–Kier alpha value is -1.31. The number of hydrogen-bond acceptors (Lipinski definition) is 2. The van der Waals surface area contributed by atoms with Crippen molar-refractivity contribution in [1.82, 2.24) is 4.98 Å². The van der Waals surface area contributed by atoms with Crippen LogP contribution in [0.3, 0.4) is 0 Å². The molecule has 1 heterocycles. The second-order valence-corrected chi connectivity index (χ2v) is 8.74. The van der Waals surface area contributed by atoms with E-state index < -0.39 is 0 Å². The summed E-state index contributed by atoms with van der Waals surface area (Å²) >= 11 is 2.36. The van der Waals surface area contributed by atoms with E-state index in [-0.39, 0.29) is 0 Å². The van der Waals surface area contributed by atoms with Gasteiger partial charge in [-0.1, -0.05) is 0 Å². The molecule has 1 N–H and O–H groups in total. The van der Waals surface area contributed by atoms with Crippen LogP contribution in [0.4, 0.5) is 0 Å². The molecule has 0 aliphatic rings. The molecule has 0 fully saturated rings. The molecule has 3 rings (SSSR count). The predicted octanol–water partition coefficient (Wildman–Crippen LogP) is 5.43. The normalized spacial score (nSPS) is 11.6. The predicted molar refractivity (Wildman–Crippen MR) is 100 cm³/mol. The van der Waals surface area contributed by atoms with Crippen molar-refractivity contribution in [2.45, 2.75) is 33.6 Å². The van der Waals surface area contributed by atoms with Gasteiger partial charge >= 0.3 is 149 Å². The fourth-order valence-electron chi connectivity index (χ4n) is 2.73. The average molecular weight is 386 g/mol. The number of fused-ring (bicyclic) bond motifs is 1. The number of rotatable bonds is 7. The number of nitrogens with one attached hydrogen (secondary N) is 1. The summed E-state index contributed by atoms with van der Waals surface area (Å²) in [6.07, 6.45) is 4.56. The van der Waals surface area contributed by atoms with E-state index in [9.17, 15) is 0 Å². The molecular weight excluding hydrogens is 365 g/mol. The third-order valence-corrected chi connectivity index (χ3v) is 6.63. The maximum atomic E-state index is 5.54. The molecule has 0 aliphatic heterocycles. The van der Waals surface area contributed by atoms with Gasteiger partial charge in [-0.25, -0.2) is 0 Å². The summed E-state index contributed by atoms with van der Waals surface area (Å²) in [4.78, 5) is 5.94. The molecule has 1 radical (unpaired) electrons. The van der Waals surface area contributed by atoms with Gasteiger partial charge in [0.2, 0.25) is 0 Å². The van der Waals surface area contributed by atoms with E-state index >= 15 is 0 Å². The first kappa shape index (κ1) is 16.5. The Bertz CT molecular complexity index is 784. The first-order valence-corrected chi connectivity index (χ1v) is 11.8. The maximum absolute atomic E-state index is 5.54. The second-order valence-electron chi connectivity index (χ2n) is 5.39. The number of H-pyrrole nitrogens is 1. The Morgan fingerprint density at radius 1 is 1.09 bits per heavy atom. The van der Waals surface area contributed by atoms with Crippen LogP contribution in [0.15, 0.2) is 58.5 Å². The molecule has 0 unspecified atom stereocenters. The zero-order valence-corrected chi connectivity index (χ0v) is 16.2. The van der Waals surface area contributed by atoms with Crippen molar-refractivity contribution >= 4 is 38.4 Å². The summed E-state index contributed by atoms with van der Waals surface area (Å²) in [6, 6.07) is 14.9. The van der Waals surface area contributed by atoms with E-state index in [0.29, 0.717) is 15.8 Å². The molecule has 0 spiro atoms. The van der Waals surface area contributed by atoms with Crippen LogP contribution >= 0.6 is 11.8 Å². The molecule has 3 aromatic rings. The number of aromatic nitrogens is 1.